The number of amides is 1. The smallest absolute Gasteiger partial charge is 0.283 e. The largest absolute Gasteiger partial charge is 0.331 e. The fraction of sp³-hybridized carbons (Fsp3) is 0.238. The lowest BCUT2D eigenvalue weighted by Crippen LogP contribution is -2.46. The van der Waals surface area contributed by atoms with Crippen molar-refractivity contribution in [1.29, 1.82) is 0 Å². The molecule has 0 fully saturated rings. The number of pyridine rings is 1. The molecule has 5 rings (SSSR count). The van der Waals surface area contributed by atoms with Gasteiger partial charge in [-0.1, -0.05) is 6.07 Å². The number of thiazole rings is 1. The van der Waals surface area contributed by atoms with Gasteiger partial charge in [0.05, 0.1) is 45.2 Å². The average molecular weight is 785 g/mol. The van der Waals surface area contributed by atoms with Gasteiger partial charge in [0.2, 0.25) is 5.91 Å². The van der Waals surface area contributed by atoms with Crippen LogP contribution in [-0.2, 0) is 37.5 Å². The van der Waals surface area contributed by atoms with Crippen LogP contribution in [0.1, 0.15) is 23.9 Å². The molecule has 0 bridgehead atoms. The van der Waals surface area contributed by atoms with Gasteiger partial charge in [-0.3, -0.25) is 9.78 Å². The van der Waals surface area contributed by atoms with E-state index in [1.807, 2.05) is 19.1 Å². The third-order valence-corrected chi connectivity index (χ3v) is 12.1. The molecule has 1 aliphatic rings. The normalized spacial score (nSPS) is 15.4. The van der Waals surface area contributed by atoms with Crippen molar-refractivity contribution in [3.8, 4) is 0 Å². The van der Waals surface area contributed by atoms with Crippen molar-refractivity contribution >= 4 is 95.6 Å². The number of rotatable bonds is 8. The van der Waals surface area contributed by atoms with Gasteiger partial charge in [-0.25, -0.2) is 4.98 Å². The summed E-state index contributed by atoms with van der Waals surface area (Å²) in [6, 6.07) is 10.3. The van der Waals surface area contributed by atoms with Crippen LogP contribution in [0.15, 0.2) is 59.2 Å². The number of hydrogen-bond donors (Lipinski definition) is 0. The summed E-state index contributed by atoms with van der Waals surface area (Å²) in [6.07, 6.45) is 3.16. The lowest BCUT2D eigenvalue weighted by Gasteiger charge is -2.31. The van der Waals surface area contributed by atoms with E-state index in [1.165, 1.54) is 35.3 Å². The number of fused-ring (bicyclic) bond motifs is 2. The number of nitrogens with zero attached hydrogens (tertiary/aromatic N) is 5. The number of benzene rings is 1. The average Bonchev–Trinajstić information content (AvgIpc) is 3.58. The Balaban J connectivity index is 1.37. The first-order valence-corrected chi connectivity index (χ1v) is 21.0. The minimum atomic E-state index is -3.87. The van der Waals surface area contributed by atoms with Crippen molar-refractivity contribution in [3.05, 3.63) is 71.3 Å². The Hall–Kier alpha value is -0.910. The number of hydrogen-bond acceptors (Lipinski definition) is 9. The van der Waals surface area contributed by atoms with E-state index >= 15 is 0 Å². The van der Waals surface area contributed by atoms with E-state index in [1.54, 1.807) is 34.8 Å². The highest BCUT2D eigenvalue weighted by atomic mass is 127. The van der Waals surface area contributed by atoms with E-state index in [4.69, 9.17) is 4.18 Å². The van der Waals surface area contributed by atoms with E-state index in [0.717, 1.165) is 14.3 Å². The summed E-state index contributed by atoms with van der Waals surface area (Å²) < 4.78 is 33.6. The lowest BCUT2D eigenvalue weighted by molar-refractivity contribution is -0.138. The van der Waals surface area contributed by atoms with Crippen LogP contribution < -0.4 is 0 Å². The molecule has 0 spiro atoms. The van der Waals surface area contributed by atoms with E-state index in [-0.39, 0.29) is 30.5 Å². The molecule has 1 atom stereocenters. The molecule has 0 N–H and O–H groups in total. The molecule has 1 aliphatic heterocycles. The number of carbonyl (C=O) groups excluding carboxylic acids is 1. The zero-order chi connectivity index (χ0) is 25.5. The second-order valence-corrected chi connectivity index (χ2v) is 28.5. The number of carbonyl (C=O) groups is 1. The molecular weight excluding hydrogens is 767 g/mol. The Morgan fingerprint density at radius 1 is 1.25 bits per heavy atom. The molecule has 0 aliphatic carbocycles. The third kappa shape index (κ3) is 5.18. The fourth-order valence-corrected chi connectivity index (χ4v) is 8.76. The maximum Gasteiger partial charge on any atom is 0.283 e. The van der Waals surface area contributed by atoms with Gasteiger partial charge >= 0.3 is 0 Å². The van der Waals surface area contributed by atoms with Gasteiger partial charge in [0, 0.05) is 36.2 Å². The highest BCUT2D eigenvalue weighted by Gasteiger charge is 2.43. The predicted molar refractivity (Wildman–Crippen MR) is 159 cm³/mol. The molecule has 0 saturated heterocycles. The number of aromatic nitrogens is 4. The van der Waals surface area contributed by atoms with Crippen molar-refractivity contribution in [3.63, 3.8) is 0 Å². The molecular formula is C21H18I2N5O4PS3. The monoisotopic (exact) mass is 785 g/mol. The molecule has 4 aromatic rings. The Kier molecular flexibility index (Phi) is 7.92. The van der Waals surface area contributed by atoms with Gasteiger partial charge in [0.1, 0.15) is 7.82 Å². The zero-order valence-electron chi connectivity index (χ0n) is 18.6. The van der Waals surface area contributed by atoms with Crippen molar-refractivity contribution in [2.45, 2.75) is 30.3 Å². The van der Waals surface area contributed by atoms with Gasteiger partial charge < -0.3 is 9.08 Å². The van der Waals surface area contributed by atoms with Gasteiger partial charge in [-0.05, 0) is 81.3 Å². The van der Waals surface area contributed by atoms with Crippen molar-refractivity contribution in [1.82, 2.24) is 24.1 Å². The van der Waals surface area contributed by atoms with Crippen LogP contribution in [0.3, 0.4) is 0 Å². The summed E-state index contributed by atoms with van der Waals surface area (Å²) in [7, 11) is -3.87. The Labute approximate surface area is 243 Å². The maximum atomic E-state index is 13.8. The van der Waals surface area contributed by atoms with Crippen LogP contribution in [0.2, 0.25) is 0 Å². The Morgan fingerprint density at radius 2 is 2.08 bits per heavy atom. The van der Waals surface area contributed by atoms with Crippen molar-refractivity contribution in [2.75, 3.05) is 6.61 Å². The maximum absolute atomic E-state index is 13.8. The summed E-state index contributed by atoms with van der Waals surface area (Å²) in [5.74, 6) is -0.143. The highest BCUT2D eigenvalue weighted by molar-refractivity contribution is 14.3. The van der Waals surface area contributed by atoms with Crippen LogP contribution in [-0.4, -0.2) is 45.0 Å². The SMILES string of the molecule is CC(COSP(I)I)(C(=O)N1Cc2cn(S(=O)(=O)c3ccc4ncsc4c3)nc2C1)c1ccccn1. The van der Waals surface area contributed by atoms with Crippen LogP contribution in [0.5, 0.6) is 0 Å². The highest BCUT2D eigenvalue weighted by Crippen LogP contribution is 2.65. The fourth-order valence-electron chi connectivity index (χ4n) is 3.97. The molecule has 0 radical (unpaired) electrons. The first-order valence-electron chi connectivity index (χ1n) is 10.5. The van der Waals surface area contributed by atoms with Crippen LogP contribution in [0, 0.1) is 0 Å². The molecule has 1 aromatic carbocycles. The molecule has 9 nitrogen and oxygen atoms in total. The molecule has 15 heteroatoms. The second kappa shape index (κ2) is 10.7. The van der Waals surface area contributed by atoms with Crippen molar-refractivity contribution < 1.29 is 17.4 Å². The Bertz CT molecular complexity index is 1510. The molecule has 1 amide bonds. The van der Waals surface area contributed by atoms with Crippen LogP contribution >= 0.6 is 69.5 Å². The summed E-state index contributed by atoms with van der Waals surface area (Å²) in [4.78, 5) is 24.2. The van der Waals surface area contributed by atoms with E-state index in [0.29, 0.717) is 17.0 Å². The lowest BCUT2D eigenvalue weighted by atomic mass is 9.85. The van der Waals surface area contributed by atoms with E-state index < -0.39 is 17.8 Å². The summed E-state index contributed by atoms with van der Waals surface area (Å²) in [5.41, 5.74) is 3.32. The summed E-state index contributed by atoms with van der Waals surface area (Å²) >= 11 is 7.34. The van der Waals surface area contributed by atoms with E-state index in [2.05, 4.69) is 59.1 Å². The first-order chi connectivity index (χ1) is 17.2. The molecule has 36 heavy (non-hydrogen) atoms. The minimum Gasteiger partial charge on any atom is -0.331 e. The molecule has 1 unspecified atom stereocenters. The molecule has 4 heterocycles. The summed E-state index contributed by atoms with van der Waals surface area (Å²) in [5, 5.41) is 4.35. The third-order valence-electron chi connectivity index (χ3n) is 5.85. The minimum absolute atomic E-state index is 0.143. The predicted octanol–water partition coefficient (Wildman–Crippen LogP) is 5.69. The van der Waals surface area contributed by atoms with Crippen LogP contribution in [0.25, 0.3) is 10.2 Å². The summed E-state index contributed by atoms with van der Waals surface area (Å²) in [6.45, 7) is 2.47. The molecule has 3 aromatic heterocycles. The first kappa shape index (κ1) is 26.7. The zero-order valence-corrected chi connectivity index (χ0v) is 26.3. The van der Waals surface area contributed by atoms with Gasteiger partial charge in [-0.15, -0.1) is 11.3 Å². The van der Waals surface area contributed by atoms with Crippen LogP contribution in [0.4, 0.5) is 0 Å². The number of halogens is 2. The second-order valence-electron chi connectivity index (χ2n) is 8.21. The quantitative estimate of drug-likeness (QED) is 0.128. The van der Waals surface area contributed by atoms with Gasteiger partial charge in [0.25, 0.3) is 10.0 Å². The van der Waals surface area contributed by atoms with Gasteiger partial charge in [0.15, 0.2) is 0 Å². The molecule has 0 saturated carbocycles. The standard InChI is InChI=1S/C21H18I2N5O4PS3/c1-21(12-32-35-33(22)23,19-4-2-3-7-24-19)20(29)27-9-14-10-28(26-17(14)11-27)36(30,31)15-5-6-16-18(8-15)34-13-25-16/h2-8,10,13H,9,11-12H2,1H3. The van der Waals surface area contributed by atoms with Crippen molar-refractivity contribution in [2.24, 2.45) is 0 Å². The molecule has 188 valence electrons. The Morgan fingerprint density at radius 3 is 2.81 bits per heavy atom. The van der Waals surface area contributed by atoms with E-state index in [9.17, 15) is 13.2 Å². The topological polar surface area (TPSA) is 107 Å². The van der Waals surface area contributed by atoms with Gasteiger partial charge in [-0.2, -0.15) is 17.6 Å².